The van der Waals surface area contributed by atoms with E-state index >= 15 is 0 Å². The van der Waals surface area contributed by atoms with Gasteiger partial charge in [0, 0.05) is 0 Å². The molecule has 0 aliphatic heterocycles. The molecule has 2 unspecified atom stereocenters. The van der Waals surface area contributed by atoms with Crippen LogP contribution in [0.25, 0.3) is 0 Å². The molecule has 0 aromatic rings. The van der Waals surface area contributed by atoms with Crippen molar-refractivity contribution in [1.82, 2.24) is 0 Å². The largest absolute Gasteiger partial charge is 0.446 e. The van der Waals surface area contributed by atoms with Gasteiger partial charge in [0.2, 0.25) is 0 Å². The van der Waals surface area contributed by atoms with Crippen molar-refractivity contribution in [2.75, 3.05) is 0 Å². The molecule has 0 saturated heterocycles. The Kier molecular flexibility index (Phi) is 4.37. The third-order valence-corrected chi connectivity index (χ3v) is 1.61. The molecule has 0 aliphatic carbocycles. The summed E-state index contributed by atoms with van der Waals surface area (Å²) in [5.41, 5.74) is 0. The Bertz CT molecular complexity index is 237. The molecule has 11 heteroatoms. The molecule has 0 rings (SSSR count). The summed E-state index contributed by atoms with van der Waals surface area (Å²) in [6.07, 6.45) is -20.6. The molecule has 2 atom stereocenters. The van der Waals surface area contributed by atoms with E-state index in [4.69, 9.17) is 0 Å². The molecule has 0 fully saturated rings. The van der Waals surface area contributed by atoms with E-state index in [9.17, 15) is 39.5 Å². The van der Waals surface area contributed by atoms with Gasteiger partial charge in [-0.1, -0.05) is 11.6 Å². The molecule has 0 aromatic heterocycles. The lowest BCUT2D eigenvalue weighted by Gasteiger charge is -2.29. The predicted molar refractivity (Wildman–Crippen MR) is 32.7 cm³/mol. The molecule has 0 N–H and O–H groups in total. The van der Waals surface area contributed by atoms with Crippen LogP contribution in [0.15, 0.2) is 0 Å². The minimum atomic E-state index is -6.33. The van der Waals surface area contributed by atoms with Crippen LogP contribution in [-0.2, 0) is 4.74 Å². The maximum atomic E-state index is 12.4. The fraction of sp³-hybridized carbons (Fsp3) is 1.00. The molecule has 0 aromatic carbocycles. The molecule has 0 aliphatic rings. The molecular weight excluding hydrogens is 282 g/mol. The van der Waals surface area contributed by atoms with Gasteiger partial charge in [-0.3, -0.25) is 4.74 Å². The van der Waals surface area contributed by atoms with Crippen LogP contribution in [0.2, 0.25) is 0 Å². The summed E-state index contributed by atoms with van der Waals surface area (Å²) in [5.74, 6) is 0. The lowest BCUT2D eigenvalue weighted by Crippen LogP contribution is -2.53. The molecule has 0 radical (unpaired) electrons. The van der Waals surface area contributed by atoms with E-state index in [1.54, 1.807) is 0 Å². The first-order valence-corrected chi connectivity index (χ1v) is 3.63. The molecule has 98 valence electrons. The van der Waals surface area contributed by atoms with Gasteiger partial charge in [0.15, 0.2) is 0 Å². The van der Waals surface area contributed by atoms with Crippen molar-refractivity contribution < 1.29 is 44.3 Å². The SMILES string of the molecule is FC(F)C(F)OC(F)(F)C(F)(Cl)C(F)(F)F. The van der Waals surface area contributed by atoms with E-state index in [0.717, 1.165) is 0 Å². The van der Waals surface area contributed by atoms with Gasteiger partial charge >= 0.3 is 17.4 Å². The molecule has 0 heterocycles. The highest BCUT2D eigenvalue weighted by molar-refractivity contribution is 6.24. The Balaban J connectivity index is 4.92. The number of alkyl halides is 10. The standard InChI is InChI=1S/C5H2ClF9O/c6-3(10,4(11,12)13)5(14,15)16-2(9)1(7)8/h1-2H. The van der Waals surface area contributed by atoms with Crippen LogP contribution in [0.3, 0.4) is 0 Å². The fourth-order valence-electron chi connectivity index (χ4n) is 0.432. The van der Waals surface area contributed by atoms with Crippen LogP contribution < -0.4 is 0 Å². The lowest BCUT2D eigenvalue weighted by atomic mass is 10.3. The minimum Gasteiger partial charge on any atom is -0.276 e. The van der Waals surface area contributed by atoms with E-state index < -0.39 is 30.2 Å². The van der Waals surface area contributed by atoms with Crippen molar-refractivity contribution in [3.8, 4) is 0 Å². The lowest BCUT2D eigenvalue weighted by molar-refractivity contribution is -0.385. The van der Waals surface area contributed by atoms with Crippen molar-refractivity contribution >= 4 is 11.6 Å². The summed E-state index contributed by atoms with van der Waals surface area (Å²) < 4.78 is 109. The van der Waals surface area contributed by atoms with E-state index in [1.165, 1.54) is 0 Å². The first-order chi connectivity index (χ1) is 6.83. The second kappa shape index (κ2) is 4.47. The minimum absolute atomic E-state index is 2.31. The van der Waals surface area contributed by atoms with Gasteiger partial charge in [0.05, 0.1) is 0 Å². The molecule has 0 saturated carbocycles. The van der Waals surface area contributed by atoms with Gasteiger partial charge in [-0.15, -0.1) is 0 Å². The van der Waals surface area contributed by atoms with Gasteiger partial charge in [-0.2, -0.15) is 22.0 Å². The maximum absolute atomic E-state index is 12.4. The zero-order valence-corrected chi connectivity index (χ0v) is 7.60. The van der Waals surface area contributed by atoms with Crippen molar-refractivity contribution in [3.63, 3.8) is 0 Å². The van der Waals surface area contributed by atoms with Gasteiger partial charge in [-0.25, -0.2) is 17.6 Å². The summed E-state index contributed by atoms with van der Waals surface area (Å²) in [6.45, 7) is 0. The van der Waals surface area contributed by atoms with E-state index in [-0.39, 0.29) is 0 Å². The van der Waals surface area contributed by atoms with Crippen LogP contribution in [0.5, 0.6) is 0 Å². The van der Waals surface area contributed by atoms with Crippen LogP contribution in [0, 0.1) is 0 Å². The summed E-state index contributed by atoms with van der Waals surface area (Å²) in [4.78, 5) is 0. The molecule has 0 amide bonds. The Morgan fingerprint density at radius 1 is 0.875 bits per heavy atom. The van der Waals surface area contributed by atoms with Crippen LogP contribution in [0.1, 0.15) is 0 Å². The van der Waals surface area contributed by atoms with Gasteiger partial charge in [0.1, 0.15) is 0 Å². The quantitative estimate of drug-likeness (QED) is 0.566. The topological polar surface area (TPSA) is 9.23 Å². The first-order valence-electron chi connectivity index (χ1n) is 3.25. The molecule has 16 heavy (non-hydrogen) atoms. The van der Waals surface area contributed by atoms with Gasteiger partial charge in [-0.05, 0) is 0 Å². The second-order valence-electron chi connectivity index (χ2n) is 2.39. The van der Waals surface area contributed by atoms with E-state index in [2.05, 4.69) is 16.3 Å². The number of hydrogen-bond donors (Lipinski definition) is 0. The Hall–Kier alpha value is -0.380. The third kappa shape index (κ3) is 3.06. The highest BCUT2D eigenvalue weighted by atomic mass is 35.5. The van der Waals surface area contributed by atoms with Crippen LogP contribution in [-0.4, -0.2) is 30.2 Å². The Morgan fingerprint density at radius 2 is 1.25 bits per heavy atom. The third-order valence-electron chi connectivity index (χ3n) is 1.18. The average molecular weight is 285 g/mol. The van der Waals surface area contributed by atoms with E-state index in [0.29, 0.717) is 0 Å². The molecular formula is C5H2ClF9O. The summed E-state index contributed by atoms with van der Waals surface area (Å²) in [5, 5.41) is -5.81. The van der Waals surface area contributed by atoms with Gasteiger partial charge < -0.3 is 0 Å². The molecule has 0 bridgehead atoms. The highest BCUT2D eigenvalue weighted by Gasteiger charge is 2.73. The van der Waals surface area contributed by atoms with Crippen molar-refractivity contribution in [3.05, 3.63) is 0 Å². The monoisotopic (exact) mass is 284 g/mol. The summed E-state index contributed by atoms with van der Waals surface area (Å²) in [6, 6.07) is 0. The molecule has 1 nitrogen and oxygen atoms in total. The fourth-order valence-corrected chi connectivity index (χ4v) is 0.476. The zero-order chi connectivity index (χ0) is 13.4. The number of hydrogen-bond acceptors (Lipinski definition) is 1. The highest BCUT2D eigenvalue weighted by Crippen LogP contribution is 2.49. The summed E-state index contributed by atoms with van der Waals surface area (Å²) in [7, 11) is 0. The normalized spacial score (nSPS) is 19.7. The van der Waals surface area contributed by atoms with Crippen molar-refractivity contribution in [2.45, 2.75) is 30.2 Å². The Labute approximate surface area is 87.1 Å². The Morgan fingerprint density at radius 3 is 1.50 bits per heavy atom. The van der Waals surface area contributed by atoms with Gasteiger partial charge in [0.25, 0.3) is 12.8 Å². The predicted octanol–water partition coefficient (Wildman–Crippen LogP) is 3.62. The molecule has 0 spiro atoms. The van der Waals surface area contributed by atoms with E-state index in [1.807, 2.05) is 0 Å². The van der Waals surface area contributed by atoms with Crippen molar-refractivity contribution in [2.24, 2.45) is 0 Å². The number of rotatable bonds is 4. The van der Waals surface area contributed by atoms with Crippen LogP contribution >= 0.6 is 11.6 Å². The zero-order valence-electron chi connectivity index (χ0n) is 6.84. The maximum Gasteiger partial charge on any atom is 0.446 e. The van der Waals surface area contributed by atoms with Crippen molar-refractivity contribution in [1.29, 1.82) is 0 Å². The first kappa shape index (κ1) is 15.6. The second-order valence-corrected chi connectivity index (χ2v) is 2.91. The number of halogens is 10. The number of ether oxygens (including phenoxy) is 1. The smallest absolute Gasteiger partial charge is 0.276 e. The average Bonchev–Trinajstić information content (AvgIpc) is 2.00. The summed E-state index contributed by atoms with van der Waals surface area (Å²) >= 11 is 3.77. The van der Waals surface area contributed by atoms with Crippen LogP contribution in [0.4, 0.5) is 39.5 Å².